The molecule has 0 spiro atoms. The molecule has 122 valence electrons. The van der Waals surface area contributed by atoms with Gasteiger partial charge in [-0.05, 0) is 42.8 Å². The minimum atomic E-state index is -0.326. The lowest BCUT2D eigenvalue weighted by molar-refractivity contribution is -0.126. The number of aromatic nitrogens is 1. The molecule has 22 heavy (non-hydrogen) atoms. The van der Waals surface area contributed by atoms with Crippen LogP contribution in [0.4, 0.5) is 10.2 Å². The largest absolute Gasteiger partial charge is 0.353 e. The number of hydrogen-bond donors (Lipinski definition) is 1. The Bertz CT molecular complexity index is 532. The van der Waals surface area contributed by atoms with Crippen molar-refractivity contribution in [2.24, 2.45) is 0 Å². The van der Waals surface area contributed by atoms with Gasteiger partial charge in [-0.1, -0.05) is 0 Å². The molecule has 1 amide bonds. The van der Waals surface area contributed by atoms with Crippen molar-refractivity contribution in [2.45, 2.75) is 32.9 Å². The molecule has 1 aromatic rings. The Hall–Kier alpha value is -1.21. The Balaban J connectivity index is 1.94. The van der Waals surface area contributed by atoms with E-state index in [0.717, 1.165) is 0 Å². The van der Waals surface area contributed by atoms with Gasteiger partial charge in [-0.3, -0.25) is 9.69 Å². The van der Waals surface area contributed by atoms with E-state index >= 15 is 0 Å². The van der Waals surface area contributed by atoms with Crippen molar-refractivity contribution in [1.82, 2.24) is 15.2 Å². The van der Waals surface area contributed by atoms with Crippen LogP contribution in [0, 0.1) is 5.82 Å². The number of carbonyl (C=O) groups excluding carboxylic acids is 1. The summed E-state index contributed by atoms with van der Waals surface area (Å²) in [5.74, 6) is 0.0898. The van der Waals surface area contributed by atoms with E-state index in [0.29, 0.717) is 36.5 Å². The van der Waals surface area contributed by atoms with Crippen LogP contribution in [0.15, 0.2) is 16.7 Å². The van der Waals surface area contributed by atoms with Gasteiger partial charge >= 0.3 is 0 Å². The van der Waals surface area contributed by atoms with Gasteiger partial charge in [0.2, 0.25) is 5.91 Å². The molecule has 0 aliphatic carbocycles. The first-order valence-electron chi connectivity index (χ1n) is 7.49. The zero-order valence-electron chi connectivity index (χ0n) is 13.1. The third-order valence-electron chi connectivity index (χ3n) is 3.76. The van der Waals surface area contributed by atoms with Crippen LogP contribution >= 0.6 is 15.9 Å². The average molecular weight is 373 g/mol. The second kappa shape index (κ2) is 7.37. The normalized spacial score (nSPS) is 17.6. The van der Waals surface area contributed by atoms with Crippen LogP contribution in [-0.2, 0) is 4.79 Å². The number of hydrogen-bond acceptors (Lipinski definition) is 4. The van der Waals surface area contributed by atoms with Crippen molar-refractivity contribution in [2.75, 3.05) is 31.1 Å². The highest BCUT2D eigenvalue weighted by Crippen LogP contribution is 2.21. The zero-order valence-corrected chi connectivity index (χ0v) is 14.7. The van der Waals surface area contributed by atoms with Crippen LogP contribution in [0.2, 0.25) is 0 Å². The minimum absolute atomic E-state index is 0.0383. The number of nitrogens with one attached hydrogen (secondary N) is 1. The zero-order chi connectivity index (χ0) is 16.3. The number of nitrogens with zero attached hydrogens (tertiary/aromatic N) is 3. The predicted octanol–water partition coefficient (Wildman–Crippen LogP) is 2.02. The molecule has 0 radical (unpaired) electrons. The van der Waals surface area contributed by atoms with E-state index in [1.165, 1.54) is 6.07 Å². The second-order valence-corrected chi connectivity index (χ2v) is 6.74. The van der Waals surface area contributed by atoms with Crippen LogP contribution in [0.25, 0.3) is 0 Å². The Morgan fingerprint density at radius 1 is 1.32 bits per heavy atom. The molecule has 1 atom stereocenters. The summed E-state index contributed by atoms with van der Waals surface area (Å²) in [6.07, 6.45) is 1.60. The monoisotopic (exact) mass is 372 g/mol. The van der Waals surface area contributed by atoms with Gasteiger partial charge in [-0.15, -0.1) is 0 Å². The summed E-state index contributed by atoms with van der Waals surface area (Å²) in [4.78, 5) is 20.2. The number of amides is 1. The Morgan fingerprint density at radius 3 is 2.50 bits per heavy atom. The van der Waals surface area contributed by atoms with Gasteiger partial charge in [-0.2, -0.15) is 0 Å². The summed E-state index contributed by atoms with van der Waals surface area (Å²) in [6.45, 7) is 8.55. The summed E-state index contributed by atoms with van der Waals surface area (Å²) in [6, 6.07) is 1.39. The molecular formula is C15H22BrFN4O. The summed E-state index contributed by atoms with van der Waals surface area (Å²) in [5.41, 5.74) is 0. The van der Waals surface area contributed by atoms with Crippen LogP contribution < -0.4 is 10.2 Å². The van der Waals surface area contributed by atoms with Crippen LogP contribution in [-0.4, -0.2) is 54.1 Å². The first kappa shape index (κ1) is 17.1. The van der Waals surface area contributed by atoms with Crippen LogP contribution in [0.1, 0.15) is 20.8 Å². The van der Waals surface area contributed by atoms with Gasteiger partial charge < -0.3 is 10.2 Å². The van der Waals surface area contributed by atoms with E-state index in [1.807, 2.05) is 25.7 Å². The summed E-state index contributed by atoms with van der Waals surface area (Å²) < 4.78 is 14.6. The molecule has 0 saturated carbocycles. The molecule has 0 aromatic carbocycles. The highest BCUT2D eigenvalue weighted by atomic mass is 79.9. The fourth-order valence-corrected chi connectivity index (χ4v) is 2.84. The van der Waals surface area contributed by atoms with Gasteiger partial charge in [0, 0.05) is 42.9 Å². The van der Waals surface area contributed by atoms with Gasteiger partial charge in [0.15, 0.2) is 11.6 Å². The van der Waals surface area contributed by atoms with Gasteiger partial charge in [0.1, 0.15) is 0 Å². The topological polar surface area (TPSA) is 48.5 Å². The number of pyridine rings is 1. The molecule has 5 nitrogen and oxygen atoms in total. The summed E-state index contributed by atoms with van der Waals surface area (Å²) in [7, 11) is 0. The van der Waals surface area contributed by atoms with E-state index in [4.69, 9.17) is 0 Å². The van der Waals surface area contributed by atoms with Gasteiger partial charge in [-0.25, -0.2) is 9.37 Å². The quantitative estimate of drug-likeness (QED) is 0.878. The third kappa shape index (κ3) is 4.16. The predicted molar refractivity (Wildman–Crippen MR) is 88.4 cm³/mol. The fraction of sp³-hybridized carbons (Fsp3) is 0.600. The lowest BCUT2D eigenvalue weighted by Gasteiger charge is -2.38. The molecule has 1 unspecified atom stereocenters. The first-order chi connectivity index (χ1) is 10.4. The van der Waals surface area contributed by atoms with E-state index in [-0.39, 0.29) is 23.8 Å². The summed E-state index contributed by atoms with van der Waals surface area (Å²) >= 11 is 3.21. The van der Waals surface area contributed by atoms with E-state index < -0.39 is 0 Å². The van der Waals surface area contributed by atoms with Gasteiger partial charge in [0.05, 0.1) is 6.04 Å². The van der Waals surface area contributed by atoms with E-state index in [1.54, 1.807) is 6.20 Å². The molecule has 0 bridgehead atoms. The lowest BCUT2D eigenvalue weighted by Crippen LogP contribution is -2.54. The van der Waals surface area contributed by atoms with Gasteiger partial charge in [0.25, 0.3) is 0 Å². The second-order valence-electron chi connectivity index (χ2n) is 5.82. The highest BCUT2D eigenvalue weighted by molar-refractivity contribution is 9.10. The Labute approximate surface area is 139 Å². The van der Waals surface area contributed by atoms with Crippen molar-refractivity contribution in [3.05, 3.63) is 22.6 Å². The van der Waals surface area contributed by atoms with Crippen molar-refractivity contribution in [3.63, 3.8) is 0 Å². The van der Waals surface area contributed by atoms with E-state index in [2.05, 4.69) is 31.1 Å². The molecule has 2 rings (SSSR count). The maximum absolute atomic E-state index is 14.0. The molecule has 1 aliphatic rings. The Morgan fingerprint density at radius 2 is 1.95 bits per heavy atom. The maximum atomic E-state index is 14.0. The highest BCUT2D eigenvalue weighted by Gasteiger charge is 2.27. The van der Waals surface area contributed by atoms with Crippen LogP contribution in [0.5, 0.6) is 0 Å². The minimum Gasteiger partial charge on any atom is -0.353 e. The van der Waals surface area contributed by atoms with Crippen molar-refractivity contribution < 1.29 is 9.18 Å². The number of piperazine rings is 1. The standard InChI is InChI=1S/C15H22BrFN4O/c1-10(2)19-15(22)11(3)20-4-6-21(7-5-20)14-13(17)8-12(16)9-18-14/h8-11H,4-7H2,1-3H3,(H,19,22). The van der Waals surface area contributed by atoms with E-state index in [9.17, 15) is 9.18 Å². The Kier molecular flexibility index (Phi) is 5.74. The first-order valence-corrected chi connectivity index (χ1v) is 8.28. The number of anilines is 1. The summed E-state index contributed by atoms with van der Waals surface area (Å²) in [5, 5.41) is 2.93. The lowest BCUT2D eigenvalue weighted by atomic mass is 10.2. The number of halogens is 2. The number of rotatable bonds is 4. The molecule has 1 N–H and O–H groups in total. The SMILES string of the molecule is CC(C)NC(=O)C(C)N1CCN(c2ncc(Br)cc2F)CC1. The molecule has 1 fully saturated rings. The average Bonchev–Trinajstić information content (AvgIpc) is 2.46. The molecule has 1 aliphatic heterocycles. The van der Waals surface area contributed by atoms with Crippen molar-refractivity contribution in [1.29, 1.82) is 0 Å². The number of carbonyl (C=O) groups is 1. The third-order valence-corrected chi connectivity index (χ3v) is 4.19. The van der Waals surface area contributed by atoms with Crippen molar-refractivity contribution >= 4 is 27.7 Å². The van der Waals surface area contributed by atoms with Crippen molar-refractivity contribution in [3.8, 4) is 0 Å². The molecule has 2 heterocycles. The maximum Gasteiger partial charge on any atom is 0.237 e. The molecule has 7 heteroatoms. The molecule has 1 saturated heterocycles. The molecular weight excluding hydrogens is 351 g/mol. The molecule has 1 aromatic heterocycles. The fourth-order valence-electron chi connectivity index (χ4n) is 2.53. The smallest absolute Gasteiger partial charge is 0.237 e. The van der Waals surface area contributed by atoms with Crippen LogP contribution in [0.3, 0.4) is 0 Å².